The average molecular weight is 255 g/mol. The molecule has 0 radical (unpaired) electrons. The van der Waals surface area contributed by atoms with Gasteiger partial charge in [-0.1, -0.05) is 31.3 Å². The fourth-order valence-electron chi connectivity index (χ4n) is 2.86. The molecule has 0 aromatic rings. The fourth-order valence-corrected chi connectivity index (χ4v) is 2.86. The van der Waals surface area contributed by atoms with Crippen molar-refractivity contribution < 1.29 is 5.21 Å². The van der Waals surface area contributed by atoms with Crippen LogP contribution in [-0.4, -0.2) is 24.1 Å². The molecule has 0 saturated heterocycles. The summed E-state index contributed by atoms with van der Waals surface area (Å²) in [7, 11) is 0. The Morgan fingerprint density at radius 2 is 2.17 bits per heavy atom. The molecule has 106 valence electrons. The lowest BCUT2D eigenvalue weighted by atomic mass is 9.81. The van der Waals surface area contributed by atoms with Gasteiger partial charge in [0.1, 0.15) is 5.84 Å². The van der Waals surface area contributed by atoms with Crippen LogP contribution in [0.4, 0.5) is 0 Å². The third kappa shape index (κ3) is 6.84. The standard InChI is InChI=1S/C14H29N3O/c1-12-5-4-6-13(11-12)8-10-16-9-3-2-7-14(15)17-18/h12-13,16,18H,2-11H2,1H3,(H2,15,17). The Balaban J connectivity index is 1.89. The Bertz CT molecular complexity index is 243. The summed E-state index contributed by atoms with van der Waals surface area (Å²) in [6, 6.07) is 0. The first-order chi connectivity index (χ1) is 8.72. The van der Waals surface area contributed by atoms with Crippen LogP contribution in [0.15, 0.2) is 5.16 Å². The molecule has 0 amide bonds. The molecule has 1 fully saturated rings. The largest absolute Gasteiger partial charge is 0.409 e. The highest BCUT2D eigenvalue weighted by atomic mass is 16.4. The lowest BCUT2D eigenvalue weighted by molar-refractivity contribution is 0.267. The summed E-state index contributed by atoms with van der Waals surface area (Å²) in [4.78, 5) is 0. The first-order valence-corrected chi connectivity index (χ1v) is 7.39. The molecule has 18 heavy (non-hydrogen) atoms. The molecule has 0 aromatic heterocycles. The molecule has 1 saturated carbocycles. The number of nitrogens with one attached hydrogen (secondary N) is 1. The van der Waals surface area contributed by atoms with Gasteiger partial charge in [-0.3, -0.25) is 0 Å². The lowest BCUT2D eigenvalue weighted by Crippen LogP contribution is -2.22. The van der Waals surface area contributed by atoms with Gasteiger partial charge in [-0.15, -0.1) is 0 Å². The highest BCUT2D eigenvalue weighted by Gasteiger charge is 2.17. The number of nitrogens with two attached hydrogens (primary N) is 1. The fraction of sp³-hybridized carbons (Fsp3) is 0.929. The predicted molar refractivity (Wildman–Crippen MR) is 75.9 cm³/mol. The van der Waals surface area contributed by atoms with Crippen molar-refractivity contribution in [3.8, 4) is 0 Å². The second-order valence-electron chi connectivity index (χ2n) is 5.72. The molecule has 2 unspecified atom stereocenters. The van der Waals surface area contributed by atoms with Crippen LogP contribution in [0.25, 0.3) is 0 Å². The van der Waals surface area contributed by atoms with Gasteiger partial charge < -0.3 is 16.3 Å². The van der Waals surface area contributed by atoms with E-state index in [9.17, 15) is 0 Å². The normalized spacial score (nSPS) is 25.3. The zero-order valence-corrected chi connectivity index (χ0v) is 11.7. The van der Waals surface area contributed by atoms with Gasteiger partial charge in [-0.2, -0.15) is 0 Å². The van der Waals surface area contributed by atoms with E-state index in [2.05, 4.69) is 17.4 Å². The zero-order valence-electron chi connectivity index (χ0n) is 11.7. The van der Waals surface area contributed by atoms with E-state index in [1.165, 1.54) is 32.1 Å². The molecular weight excluding hydrogens is 226 g/mol. The van der Waals surface area contributed by atoms with Gasteiger partial charge >= 0.3 is 0 Å². The van der Waals surface area contributed by atoms with Crippen molar-refractivity contribution in [2.24, 2.45) is 22.7 Å². The van der Waals surface area contributed by atoms with Crippen molar-refractivity contribution in [1.82, 2.24) is 5.32 Å². The van der Waals surface area contributed by atoms with E-state index in [4.69, 9.17) is 10.9 Å². The Morgan fingerprint density at radius 3 is 2.89 bits per heavy atom. The minimum Gasteiger partial charge on any atom is -0.409 e. The molecule has 4 nitrogen and oxygen atoms in total. The van der Waals surface area contributed by atoms with Crippen LogP contribution < -0.4 is 11.1 Å². The number of hydrogen-bond donors (Lipinski definition) is 3. The van der Waals surface area contributed by atoms with Gasteiger partial charge in [0.25, 0.3) is 0 Å². The molecule has 4 N–H and O–H groups in total. The van der Waals surface area contributed by atoms with E-state index >= 15 is 0 Å². The number of nitrogens with zero attached hydrogens (tertiary/aromatic N) is 1. The summed E-state index contributed by atoms with van der Waals surface area (Å²) in [5.74, 6) is 2.22. The number of hydrogen-bond acceptors (Lipinski definition) is 3. The first-order valence-electron chi connectivity index (χ1n) is 7.39. The maximum Gasteiger partial charge on any atom is 0.139 e. The van der Waals surface area contributed by atoms with E-state index in [0.29, 0.717) is 12.3 Å². The summed E-state index contributed by atoms with van der Waals surface area (Å²) in [5.41, 5.74) is 5.40. The molecule has 1 aliphatic rings. The van der Waals surface area contributed by atoms with Gasteiger partial charge in [0.15, 0.2) is 0 Å². The summed E-state index contributed by atoms with van der Waals surface area (Å²) >= 11 is 0. The van der Waals surface area contributed by atoms with E-state index in [1.807, 2.05) is 0 Å². The maximum atomic E-state index is 8.39. The minimum atomic E-state index is 0.339. The molecule has 4 heteroatoms. The van der Waals surface area contributed by atoms with Crippen molar-refractivity contribution in [2.75, 3.05) is 13.1 Å². The first kappa shape index (κ1) is 15.3. The van der Waals surface area contributed by atoms with Gasteiger partial charge in [0, 0.05) is 6.42 Å². The van der Waals surface area contributed by atoms with Crippen molar-refractivity contribution in [2.45, 2.75) is 58.3 Å². The molecule has 0 heterocycles. The van der Waals surface area contributed by atoms with Crippen molar-refractivity contribution in [3.63, 3.8) is 0 Å². The van der Waals surface area contributed by atoms with E-state index in [-0.39, 0.29) is 0 Å². The SMILES string of the molecule is CC1CCCC(CCNCCCCC(N)=NO)C1. The second kappa shape index (κ2) is 9.20. The third-order valence-electron chi connectivity index (χ3n) is 3.94. The van der Waals surface area contributed by atoms with Crippen LogP contribution in [0.3, 0.4) is 0 Å². The van der Waals surface area contributed by atoms with E-state index < -0.39 is 0 Å². The van der Waals surface area contributed by atoms with Crippen molar-refractivity contribution >= 4 is 5.84 Å². The van der Waals surface area contributed by atoms with E-state index in [1.54, 1.807) is 0 Å². The predicted octanol–water partition coefficient (Wildman–Crippen LogP) is 2.71. The number of rotatable bonds is 8. The molecule has 1 rings (SSSR count). The van der Waals surface area contributed by atoms with Crippen molar-refractivity contribution in [1.29, 1.82) is 0 Å². The highest BCUT2D eigenvalue weighted by Crippen LogP contribution is 2.30. The zero-order chi connectivity index (χ0) is 13.2. The van der Waals surface area contributed by atoms with Gasteiger partial charge in [0.2, 0.25) is 0 Å². The maximum absolute atomic E-state index is 8.39. The topological polar surface area (TPSA) is 70.6 Å². The van der Waals surface area contributed by atoms with E-state index in [0.717, 1.165) is 37.8 Å². The van der Waals surface area contributed by atoms with Crippen LogP contribution in [0, 0.1) is 11.8 Å². The molecule has 2 atom stereocenters. The minimum absolute atomic E-state index is 0.339. The summed E-state index contributed by atoms with van der Waals surface area (Å²) < 4.78 is 0. The van der Waals surface area contributed by atoms with Crippen LogP contribution in [0.5, 0.6) is 0 Å². The Hall–Kier alpha value is -0.770. The Morgan fingerprint density at radius 1 is 1.33 bits per heavy atom. The van der Waals surface area contributed by atoms with Gasteiger partial charge in [-0.25, -0.2) is 0 Å². The molecule has 1 aliphatic carbocycles. The summed E-state index contributed by atoms with van der Waals surface area (Å²) in [5, 5.41) is 14.8. The molecule has 0 spiro atoms. The molecular formula is C14H29N3O. The molecule has 0 aromatic carbocycles. The average Bonchev–Trinajstić information content (AvgIpc) is 2.37. The summed E-state index contributed by atoms with van der Waals surface area (Å²) in [6.45, 7) is 4.56. The van der Waals surface area contributed by atoms with Crippen LogP contribution >= 0.6 is 0 Å². The molecule has 0 aliphatic heterocycles. The Labute approximate surface area is 111 Å². The number of oxime groups is 1. The third-order valence-corrected chi connectivity index (χ3v) is 3.94. The van der Waals surface area contributed by atoms with Crippen LogP contribution in [0.2, 0.25) is 0 Å². The second-order valence-corrected chi connectivity index (χ2v) is 5.72. The highest BCUT2D eigenvalue weighted by molar-refractivity contribution is 5.79. The quantitative estimate of drug-likeness (QED) is 0.205. The Kier molecular flexibility index (Phi) is 7.81. The smallest absolute Gasteiger partial charge is 0.139 e. The number of amidine groups is 1. The number of unbranched alkanes of at least 4 members (excludes halogenated alkanes) is 1. The monoisotopic (exact) mass is 255 g/mol. The van der Waals surface area contributed by atoms with Gasteiger partial charge in [0.05, 0.1) is 0 Å². The summed E-state index contributed by atoms with van der Waals surface area (Å²) in [6.07, 6.45) is 9.80. The lowest BCUT2D eigenvalue weighted by Gasteiger charge is -2.26. The molecule has 0 bridgehead atoms. The van der Waals surface area contributed by atoms with Crippen molar-refractivity contribution in [3.05, 3.63) is 0 Å². The van der Waals surface area contributed by atoms with Gasteiger partial charge in [-0.05, 0) is 50.6 Å². The van der Waals surface area contributed by atoms with Crippen LogP contribution in [0.1, 0.15) is 58.3 Å². The van der Waals surface area contributed by atoms with Crippen LogP contribution in [-0.2, 0) is 0 Å².